The van der Waals surface area contributed by atoms with Gasteiger partial charge in [-0.05, 0) is 36.1 Å². The molecule has 1 aromatic carbocycles. The second kappa shape index (κ2) is 4.66. The molecule has 4 heteroatoms. The summed E-state index contributed by atoms with van der Waals surface area (Å²) in [4.78, 5) is 10.0. The minimum Gasteiger partial charge on any atom is -0.265 e. The van der Waals surface area contributed by atoms with Crippen LogP contribution in [0.25, 0.3) is 6.08 Å². The molecule has 0 radical (unpaired) electrons. The number of benzene rings is 1. The standard InChI is InChI=1S/C12H12ClNO2/c13-12-4-3-10-7-9(5-6-14(15)16)1-2-11(10)8-12/h3-4,7-8H,1-2,5-6H2. The quantitative estimate of drug-likeness (QED) is 0.598. The van der Waals surface area contributed by atoms with Crippen molar-refractivity contribution < 1.29 is 4.92 Å². The zero-order valence-corrected chi connectivity index (χ0v) is 9.54. The maximum atomic E-state index is 10.3. The van der Waals surface area contributed by atoms with Crippen LogP contribution < -0.4 is 0 Å². The molecule has 0 saturated heterocycles. The molecule has 16 heavy (non-hydrogen) atoms. The molecule has 0 aromatic heterocycles. The molecule has 0 aliphatic heterocycles. The van der Waals surface area contributed by atoms with Crippen LogP contribution >= 0.6 is 11.6 Å². The van der Waals surface area contributed by atoms with Crippen molar-refractivity contribution in [2.75, 3.05) is 6.54 Å². The number of nitro groups is 1. The van der Waals surface area contributed by atoms with Gasteiger partial charge in [-0.1, -0.05) is 29.3 Å². The maximum absolute atomic E-state index is 10.3. The molecule has 3 nitrogen and oxygen atoms in total. The largest absolute Gasteiger partial charge is 0.265 e. The van der Waals surface area contributed by atoms with Crippen LogP contribution in [0, 0.1) is 10.1 Å². The Kier molecular flexibility index (Phi) is 3.25. The molecular formula is C12H12ClNO2. The summed E-state index contributed by atoms with van der Waals surface area (Å²) < 4.78 is 0. The van der Waals surface area contributed by atoms with E-state index in [4.69, 9.17) is 11.6 Å². The van der Waals surface area contributed by atoms with Crippen LogP contribution in [-0.4, -0.2) is 11.5 Å². The highest BCUT2D eigenvalue weighted by molar-refractivity contribution is 6.30. The Bertz CT molecular complexity index is 454. The van der Waals surface area contributed by atoms with Gasteiger partial charge < -0.3 is 0 Å². The minimum atomic E-state index is -0.266. The SMILES string of the molecule is O=[N+]([O-])CCC1=Cc2ccc(Cl)cc2CC1. The zero-order valence-electron chi connectivity index (χ0n) is 8.78. The van der Waals surface area contributed by atoms with E-state index in [2.05, 4.69) is 6.08 Å². The lowest BCUT2D eigenvalue weighted by atomic mass is 9.91. The summed E-state index contributed by atoms with van der Waals surface area (Å²) in [5.41, 5.74) is 3.54. The highest BCUT2D eigenvalue weighted by Gasteiger charge is 2.12. The third-order valence-corrected chi connectivity index (χ3v) is 3.03. The first-order valence-electron chi connectivity index (χ1n) is 5.25. The van der Waals surface area contributed by atoms with Crippen LogP contribution in [0.5, 0.6) is 0 Å². The molecule has 0 spiro atoms. The monoisotopic (exact) mass is 237 g/mol. The van der Waals surface area contributed by atoms with E-state index in [1.165, 1.54) is 5.56 Å². The Hall–Kier alpha value is -1.35. The normalized spacial score (nSPS) is 14.2. The molecule has 0 amide bonds. The van der Waals surface area contributed by atoms with Crippen molar-refractivity contribution in [1.82, 2.24) is 0 Å². The number of hydrogen-bond acceptors (Lipinski definition) is 2. The van der Waals surface area contributed by atoms with Crippen LogP contribution in [0.2, 0.25) is 5.02 Å². The van der Waals surface area contributed by atoms with Crippen molar-refractivity contribution in [2.45, 2.75) is 19.3 Å². The van der Waals surface area contributed by atoms with Crippen LogP contribution in [0.3, 0.4) is 0 Å². The fourth-order valence-electron chi connectivity index (χ4n) is 1.95. The van der Waals surface area contributed by atoms with E-state index in [-0.39, 0.29) is 11.5 Å². The minimum absolute atomic E-state index is 0.0226. The number of fused-ring (bicyclic) bond motifs is 1. The topological polar surface area (TPSA) is 43.1 Å². The van der Waals surface area contributed by atoms with Gasteiger partial charge in [0.25, 0.3) is 0 Å². The lowest BCUT2D eigenvalue weighted by Gasteiger charge is -2.15. The molecule has 0 N–H and O–H groups in total. The van der Waals surface area contributed by atoms with Gasteiger partial charge in [0.2, 0.25) is 6.54 Å². The first kappa shape index (κ1) is 11.1. The third-order valence-electron chi connectivity index (χ3n) is 2.80. The first-order valence-corrected chi connectivity index (χ1v) is 5.62. The fraction of sp³-hybridized carbons (Fsp3) is 0.333. The Morgan fingerprint density at radius 3 is 2.94 bits per heavy atom. The molecule has 2 rings (SSSR count). The molecule has 0 saturated carbocycles. The van der Waals surface area contributed by atoms with Gasteiger partial charge in [-0.15, -0.1) is 0 Å². The van der Waals surface area contributed by atoms with Crippen LogP contribution in [0.1, 0.15) is 24.0 Å². The molecule has 0 fully saturated rings. The number of rotatable bonds is 3. The van der Waals surface area contributed by atoms with Crippen molar-refractivity contribution >= 4 is 17.7 Å². The summed E-state index contributed by atoms with van der Waals surface area (Å²) in [6.07, 6.45) is 4.44. The van der Waals surface area contributed by atoms with Crippen LogP contribution in [0.4, 0.5) is 0 Å². The summed E-state index contributed by atoms with van der Waals surface area (Å²) in [6.45, 7) is 0.0226. The van der Waals surface area contributed by atoms with Gasteiger partial charge in [0, 0.05) is 16.4 Å². The highest BCUT2D eigenvalue weighted by Crippen LogP contribution is 2.27. The molecule has 1 aliphatic rings. The molecule has 1 aliphatic carbocycles. The van der Waals surface area contributed by atoms with Crippen molar-refractivity contribution in [3.05, 3.63) is 50.0 Å². The number of hydrogen-bond donors (Lipinski definition) is 0. The smallest absolute Gasteiger partial charge is 0.207 e. The number of nitrogens with zero attached hydrogens (tertiary/aromatic N) is 1. The zero-order chi connectivity index (χ0) is 11.5. The molecule has 0 heterocycles. The van der Waals surface area contributed by atoms with E-state index in [9.17, 15) is 10.1 Å². The number of halogens is 1. The Balaban J connectivity index is 2.15. The molecule has 0 atom stereocenters. The number of aryl methyl sites for hydroxylation is 1. The Morgan fingerprint density at radius 1 is 1.38 bits per heavy atom. The molecular weight excluding hydrogens is 226 g/mol. The molecule has 84 valence electrons. The Labute approximate surface area is 98.9 Å². The summed E-state index contributed by atoms with van der Waals surface area (Å²) in [6, 6.07) is 5.80. The van der Waals surface area contributed by atoms with E-state index < -0.39 is 0 Å². The van der Waals surface area contributed by atoms with E-state index in [0.29, 0.717) is 6.42 Å². The van der Waals surface area contributed by atoms with Gasteiger partial charge in [0.1, 0.15) is 0 Å². The third kappa shape index (κ3) is 2.61. The molecule has 1 aromatic rings. The second-order valence-electron chi connectivity index (χ2n) is 3.95. The van der Waals surface area contributed by atoms with Gasteiger partial charge in [-0.25, -0.2) is 0 Å². The molecule has 0 unspecified atom stereocenters. The predicted molar refractivity (Wildman–Crippen MR) is 64.2 cm³/mol. The van der Waals surface area contributed by atoms with Gasteiger partial charge >= 0.3 is 0 Å². The maximum Gasteiger partial charge on any atom is 0.207 e. The summed E-state index contributed by atoms with van der Waals surface area (Å²) in [5, 5.41) is 11.0. The van der Waals surface area contributed by atoms with Gasteiger partial charge in [-0.3, -0.25) is 10.1 Å². The van der Waals surface area contributed by atoms with E-state index >= 15 is 0 Å². The summed E-state index contributed by atoms with van der Waals surface area (Å²) in [5.74, 6) is 0. The lowest BCUT2D eigenvalue weighted by Crippen LogP contribution is -2.05. The average molecular weight is 238 g/mol. The van der Waals surface area contributed by atoms with Crippen molar-refractivity contribution in [2.24, 2.45) is 0 Å². The van der Waals surface area contributed by atoms with E-state index in [0.717, 1.165) is 29.0 Å². The lowest BCUT2D eigenvalue weighted by molar-refractivity contribution is -0.479. The van der Waals surface area contributed by atoms with Crippen LogP contribution in [-0.2, 0) is 6.42 Å². The Morgan fingerprint density at radius 2 is 2.19 bits per heavy atom. The van der Waals surface area contributed by atoms with E-state index in [1.54, 1.807) is 0 Å². The van der Waals surface area contributed by atoms with Crippen molar-refractivity contribution in [3.63, 3.8) is 0 Å². The highest BCUT2D eigenvalue weighted by atomic mass is 35.5. The first-order chi connectivity index (χ1) is 7.65. The summed E-state index contributed by atoms with van der Waals surface area (Å²) >= 11 is 5.91. The molecule has 0 bridgehead atoms. The fourth-order valence-corrected chi connectivity index (χ4v) is 2.15. The van der Waals surface area contributed by atoms with Crippen molar-refractivity contribution in [3.8, 4) is 0 Å². The second-order valence-corrected chi connectivity index (χ2v) is 4.39. The van der Waals surface area contributed by atoms with Gasteiger partial charge in [0.05, 0.1) is 0 Å². The predicted octanol–water partition coefficient (Wildman–Crippen LogP) is 3.34. The van der Waals surface area contributed by atoms with E-state index in [1.807, 2.05) is 18.2 Å². The van der Waals surface area contributed by atoms with Crippen molar-refractivity contribution in [1.29, 1.82) is 0 Å². The van der Waals surface area contributed by atoms with Gasteiger partial charge in [-0.2, -0.15) is 0 Å². The van der Waals surface area contributed by atoms with Crippen LogP contribution in [0.15, 0.2) is 23.8 Å². The summed E-state index contributed by atoms with van der Waals surface area (Å²) in [7, 11) is 0. The average Bonchev–Trinajstić information content (AvgIpc) is 2.26. The van der Waals surface area contributed by atoms with Gasteiger partial charge in [0.15, 0.2) is 0 Å².